The number of hydrogen-bond acceptors (Lipinski definition) is 3. The lowest BCUT2D eigenvalue weighted by molar-refractivity contribution is 0.0104. The summed E-state index contributed by atoms with van der Waals surface area (Å²) in [7, 11) is 0. The molecule has 2 atom stereocenters. The van der Waals surface area contributed by atoms with Crippen molar-refractivity contribution in [2.24, 2.45) is 0 Å². The number of rotatable bonds is 2. The minimum Gasteiger partial charge on any atom is -0.445 e. The van der Waals surface area contributed by atoms with Crippen LogP contribution in [0, 0.1) is 0 Å². The molecule has 0 unspecified atom stereocenters. The van der Waals surface area contributed by atoms with E-state index < -0.39 is 6.10 Å². The van der Waals surface area contributed by atoms with Crippen LogP contribution < -0.4 is 0 Å². The maximum absolute atomic E-state index is 11.9. The van der Waals surface area contributed by atoms with Gasteiger partial charge in [-0.05, 0) is 25.3 Å². The molecule has 0 bridgehead atoms. The molecule has 1 saturated heterocycles. The van der Waals surface area contributed by atoms with E-state index in [0.29, 0.717) is 6.54 Å². The van der Waals surface area contributed by atoms with Gasteiger partial charge in [-0.25, -0.2) is 4.79 Å². The zero-order chi connectivity index (χ0) is 13.0. The van der Waals surface area contributed by atoms with Crippen LogP contribution in [0.3, 0.4) is 0 Å². The maximum Gasteiger partial charge on any atom is 0.410 e. The maximum atomic E-state index is 11.9. The van der Waals surface area contributed by atoms with Crippen LogP contribution in [-0.2, 0) is 11.3 Å². The molecule has 2 rings (SSSR count). The number of benzene rings is 1. The minimum absolute atomic E-state index is 0.165. The van der Waals surface area contributed by atoms with Gasteiger partial charge in [0.05, 0.1) is 12.1 Å². The lowest BCUT2D eigenvalue weighted by Gasteiger charge is -2.35. The molecule has 0 saturated carbocycles. The average molecular weight is 249 g/mol. The second-order valence-electron chi connectivity index (χ2n) is 4.68. The molecular weight excluding hydrogens is 230 g/mol. The zero-order valence-electron chi connectivity index (χ0n) is 10.6. The zero-order valence-corrected chi connectivity index (χ0v) is 10.6. The summed E-state index contributed by atoms with van der Waals surface area (Å²) in [4.78, 5) is 13.5. The van der Waals surface area contributed by atoms with E-state index >= 15 is 0 Å². The highest BCUT2D eigenvalue weighted by molar-refractivity contribution is 5.68. The molecule has 0 spiro atoms. The Kier molecular flexibility index (Phi) is 4.20. The topological polar surface area (TPSA) is 49.8 Å². The van der Waals surface area contributed by atoms with Crippen LogP contribution in [0.1, 0.15) is 25.3 Å². The number of carbonyl (C=O) groups excluding carboxylic acids is 1. The number of aliphatic hydroxyl groups excluding tert-OH is 1. The number of carbonyl (C=O) groups is 1. The van der Waals surface area contributed by atoms with Gasteiger partial charge in [-0.1, -0.05) is 30.3 Å². The number of amides is 1. The van der Waals surface area contributed by atoms with E-state index in [1.165, 1.54) is 0 Å². The first-order valence-corrected chi connectivity index (χ1v) is 6.34. The van der Waals surface area contributed by atoms with Crippen LogP contribution in [-0.4, -0.2) is 34.8 Å². The summed E-state index contributed by atoms with van der Waals surface area (Å²) in [6.45, 7) is 2.79. The summed E-state index contributed by atoms with van der Waals surface area (Å²) in [6, 6.07) is 9.42. The molecule has 18 heavy (non-hydrogen) atoms. The van der Waals surface area contributed by atoms with Crippen molar-refractivity contribution in [2.75, 3.05) is 6.54 Å². The second-order valence-corrected chi connectivity index (χ2v) is 4.68. The van der Waals surface area contributed by atoms with Crippen molar-refractivity contribution in [2.45, 2.75) is 38.5 Å². The Labute approximate surface area is 107 Å². The van der Waals surface area contributed by atoms with Gasteiger partial charge in [0.2, 0.25) is 0 Å². The van der Waals surface area contributed by atoms with E-state index in [1.54, 1.807) is 4.90 Å². The van der Waals surface area contributed by atoms with Crippen LogP contribution in [0.5, 0.6) is 0 Å². The third-order valence-corrected chi connectivity index (χ3v) is 3.39. The van der Waals surface area contributed by atoms with Crippen molar-refractivity contribution in [3.63, 3.8) is 0 Å². The third-order valence-electron chi connectivity index (χ3n) is 3.39. The van der Waals surface area contributed by atoms with Gasteiger partial charge in [-0.2, -0.15) is 0 Å². The Balaban J connectivity index is 1.88. The van der Waals surface area contributed by atoms with Crippen LogP contribution in [0.25, 0.3) is 0 Å². The van der Waals surface area contributed by atoms with Crippen LogP contribution in [0.15, 0.2) is 30.3 Å². The Morgan fingerprint density at radius 2 is 2.17 bits per heavy atom. The summed E-state index contributed by atoms with van der Waals surface area (Å²) >= 11 is 0. The van der Waals surface area contributed by atoms with Crippen molar-refractivity contribution >= 4 is 6.09 Å². The lowest BCUT2D eigenvalue weighted by atomic mass is 10.0. The van der Waals surface area contributed by atoms with Gasteiger partial charge in [0, 0.05) is 6.54 Å². The third kappa shape index (κ3) is 3.01. The van der Waals surface area contributed by atoms with Gasteiger partial charge in [0.1, 0.15) is 6.61 Å². The van der Waals surface area contributed by atoms with Crippen molar-refractivity contribution in [1.82, 2.24) is 4.90 Å². The number of nitrogens with zero attached hydrogens (tertiary/aromatic N) is 1. The predicted molar refractivity (Wildman–Crippen MR) is 68.0 cm³/mol. The molecule has 0 aliphatic carbocycles. The molecule has 1 amide bonds. The van der Waals surface area contributed by atoms with E-state index in [0.717, 1.165) is 18.4 Å². The minimum atomic E-state index is -0.442. The summed E-state index contributed by atoms with van der Waals surface area (Å²) in [5.74, 6) is 0. The van der Waals surface area contributed by atoms with Gasteiger partial charge in [-0.3, -0.25) is 0 Å². The fourth-order valence-electron chi connectivity index (χ4n) is 2.18. The van der Waals surface area contributed by atoms with Crippen LogP contribution >= 0.6 is 0 Å². The molecule has 4 nitrogen and oxygen atoms in total. The Morgan fingerprint density at radius 1 is 1.44 bits per heavy atom. The van der Waals surface area contributed by atoms with Gasteiger partial charge < -0.3 is 14.7 Å². The summed E-state index contributed by atoms with van der Waals surface area (Å²) in [5, 5.41) is 9.73. The largest absolute Gasteiger partial charge is 0.445 e. The van der Waals surface area contributed by atoms with E-state index in [-0.39, 0.29) is 18.7 Å². The highest BCUT2D eigenvalue weighted by Gasteiger charge is 2.30. The Bertz CT molecular complexity index is 393. The standard InChI is InChI=1S/C14H19NO3/c1-11-13(16)8-5-9-15(11)14(17)18-10-12-6-3-2-4-7-12/h2-4,6-7,11,13,16H,5,8-10H2,1H3/t11-,13-/m0/s1. The molecule has 98 valence electrons. The van der Waals surface area contributed by atoms with E-state index in [9.17, 15) is 9.90 Å². The molecule has 1 heterocycles. The molecule has 4 heteroatoms. The first kappa shape index (κ1) is 12.9. The number of aliphatic hydroxyl groups is 1. The number of ether oxygens (including phenoxy) is 1. The molecule has 1 aromatic carbocycles. The lowest BCUT2D eigenvalue weighted by Crippen LogP contribution is -2.49. The highest BCUT2D eigenvalue weighted by atomic mass is 16.6. The number of hydrogen-bond donors (Lipinski definition) is 1. The Hall–Kier alpha value is -1.55. The van der Waals surface area contributed by atoms with Crippen molar-refractivity contribution in [3.05, 3.63) is 35.9 Å². The molecule has 1 N–H and O–H groups in total. The quantitative estimate of drug-likeness (QED) is 0.874. The smallest absolute Gasteiger partial charge is 0.410 e. The molecule has 1 aliphatic heterocycles. The van der Waals surface area contributed by atoms with E-state index in [2.05, 4.69) is 0 Å². The normalized spacial score (nSPS) is 23.8. The highest BCUT2D eigenvalue weighted by Crippen LogP contribution is 2.18. The van der Waals surface area contributed by atoms with Crippen LogP contribution in [0.2, 0.25) is 0 Å². The molecular formula is C14H19NO3. The molecule has 0 aromatic heterocycles. The summed E-state index contributed by atoms with van der Waals surface area (Å²) in [5.41, 5.74) is 0.969. The number of likely N-dealkylation sites (tertiary alicyclic amines) is 1. The summed E-state index contributed by atoms with van der Waals surface area (Å²) in [6.07, 6.45) is 0.795. The van der Waals surface area contributed by atoms with E-state index in [4.69, 9.17) is 4.74 Å². The van der Waals surface area contributed by atoms with Crippen molar-refractivity contribution in [1.29, 1.82) is 0 Å². The first-order valence-electron chi connectivity index (χ1n) is 6.34. The fraction of sp³-hybridized carbons (Fsp3) is 0.500. The van der Waals surface area contributed by atoms with Gasteiger partial charge >= 0.3 is 6.09 Å². The molecule has 1 aromatic rings. The predicted octanol–water partition coefficient (Wildman–Crippen LogP) is 2.17. The molecule has 1 fully saturated rings. The van der Waals surface area contributed by atoms with Crippen molar-refractivity contribution < 1.29 is 14.6 Å². The van der Waals surface area contributed by atoms with Gasteiger partial charge in [0.25, 0.3) is 0 Å². The van der Waals surface area contributed by atoms with Gasteiger partial charge in [0.15, 0.2) is 0 Å². The van der Waals surface area contributed by atoms with Gasteiger partial charge in [-0.15, -0.1) is 0 Å². The van der Waals surface area contributed by atoms with Crippen LogP contribution in [0.4, 0.5) is 4.79 Å². The second kappa shape index (κ2) is 5.87. The van der Waals surface area contributed by atoms with Crippen molar-refractivity contribution in [3.8, 4) is 0 Å². The fourth-order valence-corrected chi connectivity index (χ4v) is 2.18. The summed E-state index contributed by atoms with van der Waals surface area (Å²) < 4.78 is 5.26. The Morgan fingerprint density at radius 3 is 2.89 bits per heavy atom. The average Bonchev–Trinajstić information content (AvgIpc) is 2.40. The van der Waals surface area contributed by atoms with E-state index in [1.807, 2.05) is 37.3 Å². The monoisotopic (exact) mass is 249 g/mol. The molecule has 0 radical (unpaired) electrons. The number of piperidine rings is 1. The SMILES string of the molecule is C[C@H]1[C@@H](O)CCCN1C(=O)OCc1ccccc1. The first-order chi connectivity index (χ1) is 8.68. The molecule has 1 aliphatic rings.